The van der Waals surface area contributed by atoms with Crippen molar-refractivity contribution in [2.24, 2.45) is 0 Å². The molecule has 0 spiro atoms. The molecule has 0 bridgehead atoms. The van der Waals surface area contributed by atoms with Crippen LogP contribution in [0.3, 0.4) is 0 Å². The molecule has 4 nitrogen and oxygen atoms in total. The zero-order valence-electron chi connectivity index (χ0n) is 12.9. The molecule has 116 valence electrons. The number of aliphatic carboxylic acids is 1. The number of carbonyl (C=O) groups is 2. The van der Waals surface area contributed by atoms with E-state index in [0.717, 1.165) is 16.3 Å². The Morgan fingerprint density at radius 1 is 1.09 bits per heavy atom. The summed E-state index contributed by atoms with van der Waals surface area (Å²) in [6.07, 6.45) is 0.739. The minimum Gasteiger partial charge on any atom is -0.481 e. The Morgan fingerprint density at radius 2 is 1.77 bits per heavy atom. The Labute approximate surface area is 130 Å². The first-order valence-electron chi connectivity index (χ1n) is 7.37. The van der Waals surface area contributed by atoms with Gasteiger partial charge >= 0.3 is 5.97 Å². The fourth-order valence-corrected chi connectivity index (χ4v) is 2.52. The molecule has 0 heterocycles. The minimum atomic E-state index is -0.851. The number of carboxylic acid groups (broad SMARTS) is 1. The standard InChI is InChI=1S/C18H21NO3/c1-18(2,11-10-17(21)22)19-16(20)12-14-8-5-7-13-6-3-4-9-15(13)14/h3-9H,10-12H2,1-2H3,(H,19,20)(H,21,22). The molecule has 2 rings (SSSR count). The Morgan fingerprint density at radius 3 is 2.50 bits per heavy atom. The van der Waals surface area contributed by atoms with Crippen LogP contribution in [0.5, 0.6) is 0 Å². The molecule has 22 heavy (non-hydrogen) atoms. The Balaban J connectivity index is 2.06. The molecule has 2 aromatic carbocycles. The van der Waals surface area contributed by atoms with Gasteiger partial charge in [-0.2, -0.15) is 0 Å². The summed E-state index contributed by atoms with van der Waals surface area (Å²) in [6.45, 7) is 3.69. The van der Waals surface area contributed by atoms with Gasteiger partial charge in [0.15, 0.2) is 0 Å². The molecule has 2 N–H and O–H groups in total. The van der Waals surface area contributed by atoms with Crippen LogP contribution in [0.15, 0.2) is 42.5 Å². The van der Waals surface area contributed by atoms with Crippen LogP contribution in [0.4, 0.5) is 0 Å². The first-order chi connectivity index (χ1) is 10.4. The summed E-state index contributed by atoms with van der Waals surface area (Å²) >= 11 is 0. The zero-order valence-corrected chi connectivity index (χ0v) is 12.9. The highest BCUT2D eigenvalue weighted by Crippen LogP contribution is 2.19. The molecule has 0 aliphatic heterocycles. The molecule has 0 aromatic heterocycles. The maximum Gasteiger partial charge on any atom is 0.303 e. The van der Waals surface area contributed by atoms with E-state index in [1.165, 1.54) is 0 Å². The van der Waals surface area contributed by atoms with Crippen molar-refractivity contribution in [3.63, 3.8) is 0 Å². The number of carboxylic acids is 1. The Kier molecular flexibility index (Phi) is 4.81. The lowest BCUT2D eigenvalue weighted by Gasteiger charge is -2.25. The molecule has 0 fully saturated rings. The molecule has 1 amide bonds. The van der Waals surface area contributed by atoms with Gasteiger partial charge in [-0.3, -0.25) is 9.59 Å². The third kappa shape index (κ3) is 4.32. The first kappa shape index (κ1) is 16.0. The van der Waals surface area contributed by atoms with Crippen molar-refractivity contribution in [3.05, 3.63) is 48.0 Å². The van der Waals surface area contributed by atoms with Crippen molar-refractivity contribution in [1.29, 1.82) is 0 Å². The molecule has 0 unspecified atom stereocenters. The Hall–Kier alpha value is -2.36. The van der Waals surface area contributed by atoms with Gasteiger partial charge in [0, 0.05) is 12.0 Å². The van der Waals surface area contributed by atoms with Gasteiger partial charge in [0.05, 0.1) is 6.42 Å². The van der Waals surface area contributed by atoms with E-state index in [-0.39, 0.29) is 18.7 Å². The second kappa shape index (κ2) is 6.60. The van der Waals surface area contributed by atoms with Gasteiger partial charge in [0.2, 0.25) is 5.91 Å². The van der Waals surface area contributed by atoms with E-state index in [0.29, 0.717) is 6.42 Å². The lowest BCUT2D eigenvalue weighted by molar-refractivity contribution is -0.137. The van der Waals surface area contributed by atoms with Crippen molar-refractivity contribution in [2.45, 2.75) is 38.6 Å². The highest BCUT2D eigenvalue weighted by Gasteiger charge is 2.21. The zero-order chi connectivity index (χ0) is 16.2. The van der Waals surface area contributed by atoms with Crippen LogP contribution < -0.4 is 5.32 Å². The third-order valence-corrected chi connectivity index (χ3v) is 3.67. The highest BCUT2D eigenvalue weighted by molar-refractivity contribution is 5.90. The van der Waals surface area contributed by atoms with Gasteiger partial charge in [-0.1, -0.05) is 42.5 Å². The van der Waals surface area contributed by atoms with Crippen molar-refractivity contribution in [1.82, 2.24) is 5.32 Å². The van der Waals surface area contributed by atoms with E-state index in [1.807, 2.05) is 56.3 Å². The average molecular weight is 299 g/mol. The number of hydrogen-bond acceptors (Lipinski definition) is 2. The Bertz CT molecular complexity index is 686. The number of fused-ring (bicyclic) bond motifs is 1. The summed E-state index contributed by atoms with van der Waals surface area (Å²) in [4.78, 5) is 22.9. The van der Waals surface area contributed by atoms with Gasteiger partial charge in [-0.05, 0) is 36.6 Å². The van der Waals surface area contributed by atoms with Crippen LogP contribution >= 0.6 is 0 Å². The molecule has 0 radical (unpaired) electrons. The molecular weight excluding hydrogens is 278 g/mol. The molecule has 0 atom stereocenters. The van der Waals surface area contributed by atoms with Gasteiger partial charge in [-0.25, -0.2) is 0 Å². The number of rotatable bonds is 6. The van der Waals surface area contributed by atoms with Crippen LogP contribution in [0.2, 0.25) is 0 Å². The van der Waals surface area contributed by atoms with Crippen LogP contribution in [0.25, 0.3) is 10.8 Å². The van der Waals surface area contributed by atoms with E-state index in [9.17, 15) is 9.59 Å². The molecule has 0 saturated carbocycles. The quantitative estimate of drug-likeness (QED) is 0.861. The SMILES string of the molecule is CC(C)(CCC(=O)O)NC(=O)Cc1cccc2ccccc12. The number of benzene rings is 2. The second-order valence-electron chi connectivity index (χ2n) is 6.14. The predicted octanol–water partition coefficient (Wildman–Crippen LogP) is 3.14. The summed E-state index contributed by atoms with van der Waals surface area (Å²) in [5.74, 6) is -0.942. The monoisotopic (exact) mass is 299 g/mol. The third-order valence-electron chi connectivity index (χ3n) is 3.67. The molecule has 4 heteroatoms. The van der Waals surface area contributed by atoms with Crippen LogP contribution in [0.1, 0.15) is 32.3 Å². The normalized spacial score (nSPS) is 11.4. The summed E-state index contributed by atoms with van der Waals surface area (Å²) in [5, 5.41) is 13.9. The molecule has 0 aliphatic carbocycles. The van der Waals surface area contributed by atoms with Crippen molar-refractivity contribution < 1.29 is 14.7 Å². The van der Waals surface area contributed by atoms with Crippen molar-refractivity contribution in [2.75, 3.05) is 0 Å². The fourth-order valence-electron chi connectivity index (χ4n) is 2.52. The van der Waals surface area contributed by atoms with Crippen LogP contribution in [0, 0.1) is 0 Å². The maximum absolute atomic E-state index is 12.3. The van der Waals surface area contributed by atoms with Crippen molar-refractivity contribution >= 4 is 22.6 Å². The number of hydrogen-bond donors (Lipinski definition) is 2. The number of nitrogens with one attached hydrogen (secondary N) is 1. The van der Waals surface area contributed by atoms with Gasteiger partial charge in [0.1, 0.15) is 0 Å². The molecular formula is C18H21NO3. The van der Waals surface area contributed by atoms with Gasteiger partial charge in [-0.15, -0.1) is 0 Å². The topological polar surface area (TPSA) is 66.4 Å². The second-order valence-corrected chi connectivity index (χ2v) is 6.14. The smallest absolute Gasteiger partial charge is 0.303 e. The summed E-state index contributed by atoms with van der Waals surface area (Å²) < 4.78 is 0. The molecule has 0 saturated heterocycles. The molecule has 2 aromatic rings. The minimum absolute atomic E-state index is 0.0432. The van der Waals surface area contributed by atoms with Crippen LogP contribution in [-0.4, -0.2) is 22.5 Å². The number of amides is 1. The predicted molar refractivity (Wildman–Crippen MR) is 86.7 cm³/mol. The fraction of sp³-hybridized carbons (Fsp3) is 0.333. The number of carbonyl (C=O) groups excluding carboxylic acids is 1. The molecule has 0 aliphatic rings. The lowest BCUT2D eigenvalue weighted by atomic mass is 9.97. The summed E-state index contributed by atoms with van der Waals surface area (Å²) in [5.41, 5.74) is 0.449. The average Bonchev–Trinajstić information content (AvgIpc) is 2.45. The van der Waals surface area contributed by atoms with E-state index < -0.39 is 11.5 Å². The highest BCUT2D eigenvalue weighted by atomic mass is 16.4. The largest absolute Gasteiger partial charge is 0.481 e. The lowest BCUT2D eigenvalue weighted by Crippen LogP contribution is -2.44. The van der Waals surface area contributed by atoms with Crippen LogP contribution in [-0.2, 0) is 16.0 Å². The van der Waals surface area contributed by atoms with E-state index in [4.69, 9.17) is 5.11 Å². The maximum atomic E-state index is 12.3. The summed E-state index contributed by atoms with van der Waals surface area (Å²) in [7, 11) is 0. The first-order valence-corrected chi connectivity index (χ1v) is 7.37. The van der Waals surface area contributed by atoms with E-state index in [2.05, 4.69) is 5.32 Å². The summed E-state index contributed by atoms with van der Waals surface area (Å²) in [6, 6.07) is 13.9. The van der Waals surface area contributed by atoms with Gasteiger partial charge < -0.3 is 10.4 Å². The van der Waals surface area contributed by atoms with E-state index >= 15 is 0 Å². The van der Waals surface area contributed by atoms with Crippen molar-refractivity contribution in [3.8, 4) is 0 Å². The van der Waals surface area contributed by atoms with E-state index in [1.54, 1.807) is 0 Å². The van der Waals surface area contributed by atoms with Gasteiger partial charge in [0.25, 0.3) is 0 Å².